The van der Waals surface area contributed by atoms with Crippen molar-refractivity contribution >= 4 is 17.8 Å². The number of nitrogens with zero attached hydrogens (tertiary/aromatic N) is 8. The highest BCUT2D eigenvalue weighted by Crippen LogP contribution is 2.42. The van der Waals surface area contributed by atoms with Gasteiger partial charge in [0.25, 0.3) is 5.95 Å². The Bertz CT molecular complexity index is 848. The fourth-order valence-corrected chi connectivity index (χ4v) is 7.23. The molecule has 0 spiro atoms. The zero-order chi connectivity index (χ0) is 29.4. The second-order valence-corrected chi connectivity index (χ2v) is 14.8. The summed E-state index contributed by atoms with van der Waals surface area (Å²) in [5, 5.41) is 0. The molecule has 8 nitrogen and oxygen atoms in total. The van der Waals surface area contributed by atoms with E-state index in [2.05, 4.69) is 113 Å². The van der Waals surface area contributed by atoms with Crippen LogP contribution in [0.1, 0.15) is 121 Å². The lowest BCUT2D eigenvalue weighted by molar-refractivity contribution is -0.0130. The first-order chi connectivity index (χ1) is 17.9. The van der Waals surface area contributed by atoms with E-state index in [0.717, 1.165) is 64.5 Å². The molecule has 0 amide bonds. The number of hydrogen-bond donors (Lipinski definition) is 0. The summed E-state index contributed by atoms with van der Waals surface area (Å²) in [4.78, 5) is 24.1. The van der Waals surface area contributed by atoms with Crippen molar-refractivity contribution < 1.29 is 0 Å². The minimum absolute atomic E-state index is 0.0488. The Hall–Kier alpha value is -1.67. The number of rotatable bonds is 10. The van der Waals surface area contributed by atoms with E-state index in [4.69, 9.17) is 4.98 Å². The maximum absolute atomic E-state index is 10.9. The van der Waals surface area contributed by atoms with E-state index in [1.807, 2.05) is 0 Å². The number of piperidine rings is 2. The Kier molecular flexibility index (Phi) is 9.53. The van der Waals surface area contributed by atoms with E-state index < -0.39 is 0 Å². The number of likely N-dealkylation sites (tertiary alicyclic amines) is 2. The summed E-state index contributed by atoms with van der Waals surface area (Å²) in [5.41, 5.74) is 11.1. The molecule has 1 aromatic heterocycles. The van der Waals surface area contributed by atoms with Crippen LogP contribution in [0.3, 0.4) is 0 Å². The van der Waals surface area contributed by atoms with Crippen LogP contribution in [0.2, 0.25) is 0 Å². The number of hydrogen-bond acceptors (Lipinski definition) is 7. The van der Waals surface area contributed by atoms with E-state index in [0.29, 0.717) is 11.9 Å². The molecule has 8 heteroatoms. The van der Waals surface area contributed by atoms with Crippen LogP contribution in [-0.2, 0) is 0 Å². The van der Waals surface area contributed by atoms with Crippen LogP contribution in [0, 0.1) is 0 Å². The Balaban J connectivity index is 2.04. The second kappa shape index (κ2) is 11.7. The predicted molar refractivity (Wildman–Crippen MR) is 164 cm³/mol. The van der Waals surface area contributed by atoms with Gasteiger partial charge in [-0.25, -0.2) is 0 Å². The third kappa shape index (κ3) is 6.98. The van der Waals surface area contributed by atoms with Crippen LogP contribution in [0.15, 0.2) is 0 Å². The molecule has 3 rings (SSSR count). The quantitative estimate of drug-likeness (QED) is 0.354. The van der Waals surface area contributed by atoms with Crippen LogP contribution >= 0.6 is 0 Å². The Morgan fingerprint density at radius 3 is 1.23 bits per heavy atom. The number of unbranched alkanes of at least 4 members (excludes halogenated alkanes) is 2. The molecule has 2 saturated heterocycles. The molecular weight excluding hydrogens is 484 g/mol. The van der Waals surface area contributed by atoms with Gasteiger partial charge in [0.15, 0.2) is 0 Å². The number of aromatic nitrogens is 3. The predicted octanol–water partition coefficient (Wildman–Crippen LogP) is 6.09. The minimum atomic E-state index is -0.170. The summed E-state index contributed by atoms with van der Waals surface area (Å²) in [6, 6.07) is 0.579. The SMILES string of the molecule is CCCCN(c1nc([N])nc(N(CCCC)C2CC(C)(C)N(C)C(C)(C)C2)n1)C1CC(C)(C)N(C)C(C)(C)C1. The third-order valence-corrected chi connectivity index (χ3v) is 10.1. The first-order valence-corrected chi connectivity index (χ1v) is 15.4. The van der Waals surface area contributed by atoms with E-state index in [9.17, 15) is 5.73 Å². The zero-order valence-corrected chi connectivity index (χ0v) is 27.3. The monoisotopic (exact) mass is 542 g/mol. The summed E-state index contributed by atoms with van der Waals surface area (Å²) in [6.07, 6.45) is 8.41. The highest BCUT2D eigenvalue weighted by Gasteiger charge is 2.47. The van der Waals surface area contributed by atoms with Crippen molar-refractivity contribution in [1.29, 1.82) is 0 Å². The topological polar surface area (TPSA) is 73.9 Å². The number of anilines is 2. The van der Waals surface area contributed by atoms with Crippen molar-refractivity contribution in [2.45, 2.75) is 155 Å². The molecule has 0 aliphatic carbocycles. The van der Waals surface area contributed by atoms with Gasteiger partial charge < -0.3 is 9.80 Å². The fraction of sp³-hybridized carbons (Fsp3) is 0.903. The van der Waals surface area contributed by atoms with Crippen molar-refractivity contribution in [3.8, 4) is 0 Å². The standard InChI is InChI=1S/C31H58N8/c1-13-15-17-38(23-19-28(3,4)36(11)29(5,6)20-23)26-33-25(32)34-27(35-26)39(18-16-14-2)24-21-30(7,8)37(12)31(9,10)22-24/h23-24H,13-22H2,1-12H3. The van der Waals surface area contributed by atoms with Gasteiger partial charge in [-0.3, -0.25) is 9.80 Å². The zero-order valence-electron chi connectivity index (χ0n) is 27.3. The van der Waals surface area contributed by atoms with E-state index in [-0.39, 0.29) is 40.2 Å². The van der Waals surface area contributed by atoms with Crippen molar-refractivity contribution in [3.05, 3.63) is 0 Å². The van der Waals surface area contributed by atoms with E-state index in [1.165, 1.54) is 0 Å². The summed E-state index contributed by atoms with van der Waals surface area (Å²) >= 11 is 0. The van der Waals surface area contributed by atoms with E-state index in [1.54, 1.807) is 0 Å². The van der Waals surface area contributed by atoms with Crippen molar-refractivity contribution in [2.24, 2.45) is 0 Å². The summed E-state index contributed by atoms with van der Waals surface area (Å²) in [7, 11) is 4.49. The first kappa shape index (κ1) is 31.9. The van der Waals surface area contributed by atoms with Crippen LogP contribution in [0.4, 0.5) is 17.8 Å². The molecule has 0 saturated carbocycles. The molecule has 0 bridgehead atoms. The maximum Gasteiger partial charge on any atom is 0.275 e. The van der Waals surface area contributed by atoms with Gasteiger partial charge in [-0.15, -0.1) is 5.73 Å². The lowest BCUT2D eigenvalue weighted by atomic mass is 9.77. The molecule has 1 aromatic rings. The first-order valence-electron chi connectivity index (χ1n) is 15.4. The molecule has 2 aliphatic heterocycles. The van der Waals surface area contributed by atoms with E-state index >= 15 is 0 Å². The summed E-state index contributed by atoms with van der Waals surface area (Å²) in [6.45, 7) is 24.9. The molecule has 2 radical (unpaired) electrons. The van der Waals surface area contributed by atoms with Crippen molar-refractivity contribution in [3.63, 3.8) is 0 Å². The lowest BCUT2D eigenvalue weighted by Crippen LogP contribution is -2.63. The van der Waals surface area contributed by atoms with Gasteiger partial charge in [0.2, 0.25) is 11.9 Å². The molecule has 39 heavy (non-hydrogen) atoms. The molecule has 222 valence electrons. The van der Waals surface area contributed by atoms with Gasteiger partial charge >= 0.3 is 0 Å². The van der Waals surface area contributed by atoms with Gasteiger partial charge in [0.1, 0.15) is 0 Å². The molecule has 0 atom stereocenters. The Morgan fingerprint density at radius 2 is 0.949 bits per heavy atom. The third-order valence-electron chi connectivity index (χ3n) is 10.1. The Labute approximate surface area is 240 Å². The Morgan fingerprint density at radius 1 is 0.641 bits per heavy atom. The smallest absolute Gasteiger partial charge is 0.275 e. The normalized spacial score (nSPS) is 23.6. The van der Waals surface area contributed by atoms with Gasteiger partial charge in [-0.05, 0) is 108 Å². The van der Waals surface area contributed by atoms with Gasteiger partial charge in [-0.1, -0.05) is 26.7 Å². The van der Waals surface area contributed by atoms with Gasteiger partial charge in [0.05, 0.1) is 0 Å². The fourth-order valence-electron chi connectivity index (χ4n) is 7.23. The van der Waals surface area contributed by atoms with Crippen molar-refractivity contribution in [1.82, 2.24) is 30.5 Å². The molecule has 0 aromatic carbocycles. The average Bonchev–Trinajstić information content (AvgIpc) is 2.80. The highest BCUT2D eigenvalue weighted by molar-refractivity contribution is 5.45. The largest absolute Gasteiger partial charge is 0.338 e. The van der Waals surface area contributed by atoms with Crippen molar-refractivity contribution in [2.75, 3.05) is 37.0 Å². The highest BCUT2D eigenvalue weighted by atomic mass is 15.4. The van der Waals surface area contributed by atoms with Crippen LogP contribution in [0.5, 0.6) is 0 Å². The van der Waals surface area contributed by atoms with Crippen LogP contribution in [-0.4, -0.2) is 86.2 Å². The lowest BCUT2D eigenvalue weighted by Gasteiger charge is -2.56. The minimum Gasteiger partial charge on any atom is -0.338 e. The average molecular weight is 543 g/mol. The van der Waals surface area contributed by atoms with Crippen LogP contribution in [0.25, 0.3) is 0 Å². The molecule has 2 fully saturated rings. The second-order valence-electron chi connectivity index (χ2n) is 14.8. The van der Waals surface area contributed by atoms with Gasteiger partial charge in [0, 0.05) is 47.3 Å². The molecule has 3 heterocycles. The molecule has 0 N–H and O–H groups in total. The summed E-state index contributed by atoms with van der Waals surface area (Å²) < 4.78 is 0. The van der Waals surface area contributed by atoms with Crippen LogP contribution < -0.4 is 15.5 Å². The molecule has 2 aliphatic rings. The molecular formula is C31H58N8. The maximum atomic E-state index is 10.9. The van der Waals surface area contributed by atoms with Gasteiger partial charge in [-0.2, -0.15) is 15.0 Å². The molecule has 0 unspecified atom stereocenters. The summed E-state index contributed by atoms with van der Waals surface area (Å²) in [5.74, 6) is 1.08.